The van der Waals surface area contributed by atoms with E-state index in [1.807, 2.05) is 0 Å². The Labute approximate surface area is 444 Å². The lowest BCUT2D eigenvalue weighted by atomic mass is 9.62. The van der Waals surface area contributed by atoms with Crippen molar-refractivity contribution in [2.45, 2.75) is 40.0 Å². The highest BCUT2D eigenvalue weighted by Gasteiger charge is 2.46. The molecule has 1 atom stereocenters. The quantitative estimate of drug-likeness (QED) is 0.107. The number of fused-ring (bicyclic) bond motifs is 2. The Hall–Kier alpha value is -9.18. The number of hydrogen-bond acceptors (Lipinski definition) is 3. The number of hydrogen-bond donors (Lipinski definition) is 0. The molecule has 1 unspecified atom stereocenters. The van der Waals surface area contributed by atoms with Crippen molar-refractivity contribution < 1.29 is 0 Å². The zero-order valence-corrected chi connectivity index (χ0v) is 43.5. The molecule has 1 aliphatic rings. The van der Waals surface area contributed by atoms with Gasteiger partial charge in [-0.1, -0.05) is 205 Å². The Morgan fingerprint density at radius 3 is 1.35 bits per heavy atom. The predicted octanol–water partition coefficient (Wildman–Crippen LogP) is 19.7. The third kappa shape index (κ3) is 9.30. The Bertz CT molecular complexity index is 3670. The van der Waals surface area contributed by atoms with E-state index in [0.717, 1.165) is 67.9 Å². The molecule has 0 spiro atoms. The minimum atomic E-state index is -0.814. The first-order chi connectivity index (χ1) is 36.7. The van der Waals surface area contributed by atoms with E-state index in [0.29, 0.717) is 0 Å². The highest BCUT2D eigenvalue weighted by atomic mass is 15.2. The second-order valence-electron chi connectivity index (χ2n) is 19.7. The first kappa shape index (κ1) is 48.1. The van der Waals surface area contributed by atoms with Crippen molar-refractivity contribution in [2.24, 2.45) is 0 Å². The fraction of sp³-hybridized carbons (Fsp3) is 0.0833. The minimum absolute atomic E-state index is 0.814. The number of allylic oxidation sites excluding steroid dienone is 4. The summed E-state index contributed by atoms with van der Waals surface area (Å²) in [5.74, 6) is 0. The fourth-order valence-electron chi connectivity index (χ4n) is 10.8. The Morgan fingerprint density at radius 1 is 0.400 bits per heavy atom. The van der Waals surface area contributed by atoms with E-state index in [-0.39, 0.29) is 0 Å². The molecule has 75 heavy (non-hydrogen) atoms. The average molecular weight is 968 g/mol. The minimum Gasteiger partial charge on any atom is -0.311 e. The van der Waals surface area contributed by atoms with Crippen LogP contribution in [0.2, 0.25) is 0 Å². The SMILES string of the molecule is C=C(/C=C\C(=C/C)N(c1ccc(C)cc1)c1ccc(-c2ccccc2)cc1)C1(c2ccc(N(c3ccc(C)cc3)c3ccc(-c4ccccc4)cc3)cc2)c2ccccc2N(c2ccc(C)cc2)c2ccc(C)cc21. The Kier molecular flexibility index (Phi) is 13.3. The van der Waals surface area contributed by atoms with Crippen molar-refractivity contribution in [3.8, 4) is 22.3 Å². The largest absolute Gasteiger partial charge is 0.311 e. The van der Waals surface area contributed by atoms with Crippen LogP contribution in [0.15, 0.2) is 285 Å². The van der Waals surface area contributed by atoms with Crippen LogP contribution >= 0.6 is 0 Å². The Balaban J connectivity index is 1.07. The van der Waals surface area contributed by atoms with Crippen LogP contribution in [-0.2, 0) is 5.41 Å². The molecule has 364 valence electrons. The van der Waals surface area contributed by atoms with Crippen LogP contribution in [0.1, 0.15) is 45.9 Å². The molecule has 10 aromatic rings. The summed E-state index contributed by atoms with van der Waals surface area (Å²) in [7, 11) is 0. The molecule has 0 amide bonds. The second-order valence-corrected chi connectivity index (χ2v) is 19.7. The summed E-state index contributed by atoms with van der Waals surface area (Å²) in [5, 5.41) is 0. The molecule has 3 nitrogen and oxygen atoms in total. The van der Waals surface area contributed by atoms with Gasteiger partial charge in [-0.2, -0.15) is 0 Å². The van der Waals surface area contributed by atoms with E-state index < -0.39 is 5.41 Å². The summed E-state index contributed by atoms with van der Waals surface area (Å²) in [4.78, 5) is 7.13. The van der Waals surface area contributed by atoms with E-state index in [1.165, 1.54) is 50.1 Å². The molecule has 10 aromatic carbocycles. The standard InChI is InChI=1S/C72H61N3/c1-7-61(73(62-36-22-51(2)23-37-62)64-43-30-58(31-44-64)56-16-10-8-11-17-56)42-29-55(6)72(68-20-14-15-21-70(68)75(67-40-26-53(4)27-41-67)71-49-28-54(5)50-69(71)72)60-34-47-66(48-35-60)74(63-38-24-52(3)25-39-63)65-45-32-59(33-46-65)57-18-12-9-13-19-57/h7-50H,6H2,1-5H3/b42-29-,61-7+. The third-order valence-corrected chi connectivity index (χ3v) is 14.7. The van der Waals surface area contributed by atoms with Gasteiger partial charge in [0.2, 0.25) is 0 Å². The van der Waals surface area contributed by atoms with Gasteiger partial charge in [0.1, 0.15) is 0 Å². The smallest absolute Gasteiger partial charge is 0.0736 e. The molecule has 11 rings (SSSR count). The number of nitrogens with zero attached hydrogens (tertiary/aromatic N) is 3. The highest BCUT2D eigenvalue weighted by Crippen LogP contribution is 2.58. The molecular formula is C72H61N3. The van der Waals surface area contributed by atoms with Gasteiger partial charge in [-0.05, 0) is 170 Å². The van der Waals surface area contributed by atoms with Crippen molar-refractivity contribution in [3.63, 3.8) is 0 Å². The van der Waals surface area contributed by atoms with Crippen molar-refractivity contribution in [1.29, 1.82) is 0 Å². The first-order valence-corrected chi connectivity index (χ1v) is 26.0. The lowest BCUT2D eigenvalue weighted by molar-refractivity contribution is 0.731. The van der Waals surface area contributed by atoms with Crippen LogP contribution in [0.5, 0.6) is 0 Å². The molecule has 0 aliphatic carbocycles. The van der Waals surface area contributed by atoms with Gasteiger partial charge in [0.25, 0.3) is 0 Å². The van der Waals surface area contributed by atoms with Gasteiger partial charge in [0.05, 0.1) is 16.8 Å². The van der Waals surface area contributed by atoms with Gasteiger partial charge in [0, 0.05) is 39.8 Å². The van der Waals surface area contributed by atoms with Gasteiger partial charge in [-0.3, -0.25) is 0 Å². The predicted molar refractivity (Wildman–Crippen MR) is 319 cm³/mol. The van der Waals surface area contributed by atoms with E-state index in [2.05, 4.69) is 316 Å². The number of rotatable bonds is 13. The molecule has 1 heterocycles. The van der Waals surface area contributed by atoms with Crippen molar-refractivity contribution in [3.05, 3.63) is 324 Å². The average Bonchev–Trinajstić information content (AvgIpc) is 3.47. The van der Waals surface area contributed by atoms with Gasteiger partial charge in [-0.15, -0.1) is 0 Å². The highest BCUT2D eigenvalue weighted by molar-refractivity contribution is 5.90. The zero-order chi connectivity index (χ0) is 51.5. The molecule has 0 fully saturated rings. The van der Waals surface area contributed by atoms with Crippen LogP contribution in [-0.4, -0.2) is 0 Å². The summed E-state index contributed by atoms with van der Waals surface area (Å²) in [5.41, 5.74) is 22.9. The molecule has 0 N–H and O–H groups in total. The van der Waals surface area contributed by atoms with E-state index in [1.54, 1.807) is 0 Å². The lowest BCUT2D eigenvalue weighted by Gasteiger charge is -2.47. The molecule has 0 bridgehead atoms. The number of para-hydroxylation sites is 1. The zero-order valence-electron chi connectivity index (χ0n) is 43.5. The van der Waals surface area contributed by atoms with Crippen molar-refractivity contribution >= 4 is 45.5 Å². The maximum atomic E-state index is 5.16. The number of anilines is 8. The molecule has 1 aliphatic heterocycles. The van der Waals surface area contributed by atoms with Gasteiger partial charge in [0.15, 0.2) is 0 Å². The van der Waals surface area contributed by atoms with E-state index in [9.17, 15) is 0 Å². The summed E-state index contributed by atoms with van der Waals surface area (Å²) in [6, 6.07) is 90.6. The molecule has 0 saturated carbocycles. The lowest BCUT2D eigenvalue weighted by Crippen LogP contribution is -2.38. The van der Waals surface area contributed by atoms with Gasteiger partial charge >= 0.3 is 0 Å². The number of benzene rings is 10. The van der Waals surface area contributed by atoms with Gasteiger partial charge in [-0.25, -0.2) is 0 Å². The van der Waals surface area contributed by atoms with Crippen LogP contribution < -0.4 is 14.7 Å². The second kappa shape index (κ2) is 20.7. The summed E-state index contributed by atoms with van der Waals surface area (Å²) in [6.45, 7) is 15.9. The topological polar surface area (TPSA) is 9.72 Å². The third-order valence-electron chi connectivity index (χ3n) is 14.7. The van der Waals surface area contributed by atoms with Crippen molar-refractivity contribution in [2.75, 3.05) is 14.7 Å². The van der Waals surface area contributed by atoms with Crippen LogP contribution in [0.25, 0.3) is 22.3 Å². The first-order valence-electron chi connectivity index (χ1n) is 26.0. The monoisotopic (exact) mass is 967 g/mol. The van der Waals surface area contributed by atoms with Crippen molar-refractivity contribution in [1.82, 2.24) is 0 Å². The maximum Gasteiger partial charge on any atom is 0.0736 e. The summed E-state index contributed by atoms with van der Waals surface area (Å²) >= 11 is 0. The summed E-state index contributed by atoms with van der Waals surface area (Å²) in [6.07, 6.45) is 6.72. The number of aryl methyl sites for hydroxylation is 4. The van der Waals surface area contributed by atoms with Crippen LogP contribution in [0.4, 0.5) is 45.5 Å². The molecule has 0 radical (unpaired) electrons. The summed E-state index contributed by atoms with van der Waals surface area (Å²) < 4.78 is 0. The normalized spacial score (nSPS) is 14.0. The van der Waals surface area contributed by atoms with Gasteiger partial charge < -0.3 is 14.7 Å². The molecule has 0 saturated heterocycles. The van der Waals surface area contributed by atoms with Crippen LogP contribution in [0.3, 0.4) is 0 Å². The molecule has 0 aromatic heterocycles. The van der Waals surface area contributed by atoms with E-state index in [4.69, 9.17) is 6.58 Å². The van der Waals surface area contributed by atoms with E-state index >= 15 is 0 Å². The molecule has 3 heteroatoms. The maximum absolute atomic E-state index is 5.16. The fourth-order valence-corrected chi connectivity index (χ4v) is 10.8. The Morgan fingerprint density at radius 2 is 0.813 bits per heavy atom. The van der Waals surface area contributed by atoms with Crippen LogP contribution in [0, 0.1) is 27.7 Å². The molecular weight excluding hydrogens is 907 g/mol.